The van der Waals surface area contributed by atoms with Crippen LogP contribution in [0.5, 0.6) is 0 Å². The molecule has 0 heterocycles. The van der Waals surface area contributed by atoms with Crippen LogP contribution in [0.1, 0.15) is 45.4 Å². The van der Waals surface area contributed by atoms with Gasteiger partial charge in [-0.05, 0) is 69.1 Å². The van der Waals surface area contributed by atoms with Crippen molar-refractivity contribution in [1.82, 2.24) is 0 Å². The van der Waals surface area contributed by atoms with E-state index < -0.39 is 0 Å². The molecule has 4 rings (SSSR count). The first-order chi connectivity index (χ1) is 6.81. The Kier molecular flexibility index (Phi) is 3.45. The van der Waals surface area contributed by atoms with Crippen molar-refractivity contribution in [2.24, 2.45) is 23.7 Å². The molecule has 4 aliphatic carbocycles. The molecule has 0 radical (unpaired) electrons. The van der Waals surface area contributed by atoms with Gasteiger partial charge in [0, 0.05) is 0 Å². The Bertz CT molecular complexity index is 121. The molecule has 4 fully saturated rings. The molecule has 0 aromatic rings. The van der Waals surface area contributed by atoms with E-state index in [4.69, 9.17) is 5.26 Å². The molecular formula is C12H22O2. The van der Waals surface area contributed by atoms with Crippen molar-refractivity contribution in [3.05, 3.63) is 0 Å². The van der Waals surface area contributed by atoms with Gasteiger partial charge in [-0.15, -0.1) is 0 Å². The van der Waals surface area contributed by atoms with E-state index in [1.807, 2.05) is 0 Å². The Morgan fingerprint density at radius 1 is 0.857 bits per heavy atom. The van der Waals surface area contributed by atoms with Crippen LogP contribution in [0.3, 0.4) is 0 Å². The monoisotopic (exact) mass is 198 g/mol. The molecule has 4 aliphatic rings. The molecule has 0 aromatic heterocycles. The van der Waals surface area contributed by atoms with Crippen LogP contribution in [0.2, 0.25) is 0 Å². The third-order valence-electron chi connectivity index (χ3n) is 4.13. The van der Waals surface area contributed by atoms with Crippen molar-refractivity contribution < 1.29 is 10.1 Å². The molecular weight excluding hydrogens is 176 g/mol. The molecule has 2 nitrogen and oxygen atoms in total. The second-order valence-electron chi connectivity index (χ2n) is 5.30. The summed E-state index contributed by atoms with van der Waals surface area (Å²) in [6, 6.07) is 0. The van der Waals surface area contributed by atoms with Gasteiger partial charge in [-0.3, -0.25) is 5.26 Å². The van der Waals surface area contributed by atoms with E-state index in [1.165, 1.54) is 23.7 Å². The fourth-order valence-corrected chi connectivity index (χ4v) is 3.98. The van der Waals surface area contributed by atoms with Crippen molar-refractivity contribution in [3.63, 3.8) is 0 Å². The van der Waals surface area contributed by atoms with E-state index in [1.54, 1.807) is 45.4 Å². The lowest BCUT2D eigenvalue weighted by atomic mass is 9.56. The molecule has 0 aromatic carbocycles. The Hall–Kier alpha value is -0.0800. The van der Waals surface area contributed by atoms with Crippen molar-refractivity contribution >= 4 is 0 Å². The van der Waals surface area contributed by atoms with Crippen molar-refractivity contribution in [3.8, 4) is 0 Å². The maximum absolute atomic E-state index is 7.38. The van der Waals surface area contributed by atoms with E-state index in [0.717, 1.165) is 0 Å². The fraction of sp³-hybridized carbons (Fsp3) is 1.00. The van der Waals surface area contributed by atoms with Gasteiger partial charge in [0.05, 0.1) is 6.61 Å². The maximum atomic E-state index is 7.38. The zero-order chi connectivity index (χ0) is 9.97. The fourth-order valence-electron chi connectivity index (χ4n) is 3.98. The molecule has 2 heteroatoms. The maximum Gasteiger partial charge on any atom is 0.0791 e. The van der Waals surface area contributed by atoms with Gasteiger partial charge < -0.3 is 0 Å². The van der Waals surface area contributed by atoms with Gasteiger partial charge in [-0.1, -0.05) is 0 Å². The standard InChI is InChI=1S/C10H16.C2H6O2/c1-7-2-9-4-8(1)5-10(3-7)6-9;1-2-4-3/h7-10H,1-6H2;3H,2H2,1H3. The number of hydrogen-bond acceptors (Lipinski definition) is 2. The van der Waals surface area contributed by atoms with Gasteiger partial charge in [0.15, 0.2) is 0 Å². The lowest BCUT2D eigenvalue weighted by Gasteiger charge is -2.49. The van der Waals surface area contributed by atoms with E-state index >= 15 is 0 Å². The van der Waals surface area contributed by atoms with Crippen LogP contribution in [0.15, 0.2) is 0 Å². The van der Waals surface area contributed by atoms with Crippen molar-refractivity contribution in [2.75, 3.05) is 6.61 Å². The second-order valence-corrected chi connectivity index (χ2v) is 5.30. The Morgan fingerprint density at radius 2 is 1.07 bits per heavy atom. The molecule has 14 heavy (non-hydrogen) atoms. The Labute approximate surface area is 86.6 Å². The number of hydrogen-bond donors (Lipinski definition) is 1. The molecule has 0 amide bonds. The van der Waals surface area contributed by atoms with E-state index in [-0.39, 0.29) is 0 Å². The highest BCUT2D eigenvalue weighted by atomic mass is 17.1. The van der Waals surface area contributed by atoms with Crippen LogP contribution in [0.25, 0.3) is 0 Å². The molecule has 4 saturated carbocycles. The van der Waals surface area contributed by atoms with E-state index in [2.05, 4.69) is 4.89 Å². The highest BCUT2D eigenvalue weighted by Crippen LogP contribution is 2.53. The summed E-state index contributed by atoms with van der Waals surface area (Å²) in [6.07, 6.45) is 9.62. The van der Waals surface area contributed by atoms with Gasteiger partial charge >= 0.3 is 0 Å². The summed E-state index contributed by atoms with van der Waals surface area (Å²) in [7, 11) is 0. The van der Waals surface area contributed by atoms with Crippen LogP contribution in [0, 0.1) is 23.7 Å². The smallest absolute Gasteiger partial charge is 0.0791 e. The second kappa shape index (κ2) is 4.63. The summed E-state index contributed by atoms with van der Waals surface area (Å²) in [6.45, 7) is 2.08. The van der Waals surface area contributed by atoms with Crippen LogP contribution in [0.4, 0.5) is 0 Å². The molecule has 0 aliphatic heterocycles. The SMILES string of the molecule is C1C2CC3CC1CC(C2)C3.CCOO. The Morgan fingerprint density at radius 3 is 1.21 bits per heavy atom. The molecule has 82 valence electrons. The highest BCUT2D eigenvalue weighted by Gasteiger charge is 2.41. The van der Waals surface area contributed by atoms with Crippen LogP contribution < -0.4 is 0 Å². The summed E-state index contributed by atoms with van der Waals surface area (Å²) in [5.74, 6) is 4.71. The molecule has 4 bridgehead atoms. The van der Waals surface area contributed by atoms with Crippen LogP contribution >= 0.6 is 0 Å². The largest absolute Gasteiger partial charge is 0.252 e. The first-order valence-electron chi connectivity index (χ1n) is 6.08. The van der Waals surface area contributed by atoms with Crippen molar-refractivity contribution in [2.45, 2.75) is 45.4 Å². The predicted octanol–water partition coefficient (Wildman–Crippen LogP) is 3.33. The average Bonchev–Trinajstić information content (AvgIpc) is 2.16. The molecule has 0 atom stereocenters. The lowest BCUT2D eigenvalue weighted by molar-refractivity contribution is -0.237. The summed E-state index contributed by atoms with van der Waals surface area (Å²) in [5.41, 5.74) is 0. The molecule has 0 unspecified atom stereocenters. The zero-order valence-corrected chi connectivity index (χ0v) is 9.11. The Balaban J connectivity index is 0.000000165. The summed E-state index contributed by atoms with van der Waals surface area (Å²) < 4.78 is 0. The van der Waals surface area contributed by atoms with Crippen LogP contribution in [-0.4, -0.2) is 11.9 Å². The van der Waals surface area contributed by atoms with Gasteiger partial charge in [0.25, 0.3) is 0 Å². The third-order valence-corrected chi connectivity index (χ3v) is 4.13. The van der Waals surface area contributed by atoms with Gasteiger partial charge in [0.2, 0.25) is 0 Å². The average molecular weight is 198 g/mol. The topological polar surface area (TPSA) is 29.5 Å². The van der Waals surface area contributed by atoms with E-state index in [0.29, 0.717) is 6.61 Å². The molecule has 0 spiro atoms. The van der Waals surface area contributed by atoms with Gasteiger partial charge in [0.1, 0.15) is 0 Å². The number of rotatable bonds is 1. The minimum atomic E-state index is 0.375. The summed E-state index contributed by atoms with van der Waals surface area (Å²) in [5, 5.41) is 7.38. The third kappa shape index (κ3) is 2.29. The minimum absolute atomic E-state index is 0.375. The van der Waals surface area contributed by atoms with E-state index in [9.17, 15) is 0 Å². The van der Waals surface area contributed by atoms with Gasteiger partial charge in [-0.25, -0.2) is 4.89 Å². The quantitative estimate of drug-likeness (QED) is 0.517. The zero-order valence-electron chi connectivity index (χ0n) is 9.11. The first kappa shape index (κ1) is 10.4. The summed E-state index contributed by atoms with van der Waals surface area (Å²) in [4.78, 5) is 3.54. The molecule has 0 saturated heterocycles. The molecule has 1 N–H and O–H groups in total. The predicted molar refractivity (Wildman–Crippen MR) is 55.9 cm³/mol. The first-order valence-corrected chi connectivity index (χ1v) is 6.08. The lowest BCUT2D eigenvalue weighted by Crippen LogP contribution is -2.38. The summed E-state index contributed by atoms with van der Waals surface area (Å²) >= 11 is 0. The van der Waals surface area contributed by atoms with Gasteiger partial charge in [-0.2, -0.15) is 0 Å². The van der Waals surface area contributed by atoms with Crippen LogP contribution in [-0.2, 0) is 4.89 Å². The normalized spacial score (nSPS) is 43.3. The van der Waals surface area contributed by atoms with Crippen molar-refractivity contribution in [1.29, 1.82) is 0 Å². The minimum Gasteiger partial charge on any atom is -0.252 e. The highest BCUT2D eigenvalue weighted by molar-refractivity contribution is 4.92.